The number of nitrogens with zero attached hydrogens (tertiary/aromatic N) is 2. The molecule has 3 rings (SSSR count). The second kappa shape index (κ2) is 7.40. The number of benzene rings is 1. The zero-order valence-corrected chi connectivity index (χ0v) is 14.1. The normalized spacial score (nSPS) is 18.1. The summed E-state index contributed by atoms with van der Waals surface area (Å²) in [7, 11) is 0. The van der Waals surface area contributed by atoms with Crippen LogP contribution in [0.25, 0.3) is 5.69 Å². The number of aryl methyl sites for hydroxylation is 1. The average Bonchev–Trinajstić information content (AvgIpc) is 2.84. The van der Waals surface area contributed by atoms with Crippen molar-refractivity contribution in [3.8, 4) is 5.69 Å². The van der Waals surface area contributed by atoms with Crippen molar-refractivity contribution < 1.29 is 13.5 Å². The van der Waals surface area contributed by atoms with Crippen molar-refractivity contribution in [2.45, 2.75) is 33.2 Å². The molecule has 1 aliphatic heterocycles. The first-order chi connectivity index (χ1) is 11.6. The molecule has 0 amide bonds. The maximum Gasteiger partial charge on any atom is 0.151 e. The smallest absolute Gasteiger partial charge is 0.151 e. The van der Waals surface area contributed by atoms with Crippen molar-refractivity contribution in [1.82, 2.24) is 15.1 Å². The minimum atomic E-state index is -0.612. The van der Waals surface area contributed by atoms with Crippen LogP contribution in [0, 0.1) is 31.4 Å². The topological polar surface area (TPSA) is 39.1 Å². The summed E-state index contributed by atoms with van der Waals surface area (Å²) in [6.07, 6.45) is 2.30. The predicted molar refractivity (Wildman–Crippen MR) is 88.2 cm³/mol. The molecule has 4 nitrogen and oxygen atoms in total. The van der Waals surface area contributed by atoms with E-state index in [0.29, 0.717) is 12.5 Å². The van der Waals surface area contributed by atoms with Crippen molar-refractivity contribution in [2.75, 3.05) is 19.8 Å². The molecule has 0 spiro atoms. The Balaban J connectivity index is 1.71. The van der Waals surface area contributed by atoms with E-state index in [1.807, 2.05) is 13.8 Å². The van der Waals surface area contributed by atoms with Gasteiger partial charge in [0, 0.05) is 37.0 Å². The molecule has 1 unspecified atom stereocenters. The summed E-state index contributed by atoms with van der Waals surface area (Å²) in [6, 6.07) is 3.54. The zero-order valence-electron chi connectivity index (χ0n) is 14.1. The van der Waals surface area contributed by atoms with Crippen LogP contribution in [-0.2, 0) is 11.3 Å². The van der Waals surface area contributed by atoms with E-state index in [2.05, 4.69) is 10.4 Å². The number of ether oxygens (including phenoxy) is 1. The molecule has 1 N–H and O–H groups in total. The van der Waals surface area contributed by atoms with Crippen molar-refractivity contribution in [2.24, 2.45) is 5.92 Å². The highest BCUT2D eigenvalue weighted by Gasteiger charge is 2.17. The third kappa shape index (κ3) is 3.65. The van der Waals surface area contributed by atoms with Crippen LogP contribution in [0.3, 0.4) is 0 Å². The second-order valence-corrected chi connectivity index (χ2v) is 6.37. The molecule has 2 heterocycles. The highest BCUT2D eigenvalue weighted by molar-refractivity contribution is 5.38. The van der Waals surface area contributed by atoms with Crippen molar-refractivity contribution >= 4 is 0 Å². The average molecular weight is 335 g/mol. The van der Waals surface area contributed by atoms with Gasteiger partial charge in [0.05, 0.1) is 12.3 Å². The maximum atomic E-state index is 14.0. The van der Waals surface area contributed by atoms with E-state index in [9.17, 15) is 8.78 Å². The number of aromatic nitrogens is 2. The van der Waals surface area contributed by atoms with E-state index in [4.69, 9.17) is 4.74 Å². The summed E-state index contributed by atoms with van der Waals surface area (Å²) in [4.78, 5) is 0. The van der Waals surface area contributed by atoms with Gasteiger partial charge in [0.25, 0.3) is 0 Å². The van der Waals surface area contributed by atoms with Crippen LogP contribution in [0.5, 0.6) is 0 Å². The first-order valence-electron chi connectivity index (χ1n) is 8.35. The second-order valence-electron chi connectivity index (χ2n) is 6.37. The molecule has 0 saturated carbocycles. The fourth-order valence-corrected chi connectivity index (χ4v) is 3.19. The number of rotatable bonds is 5. The van der Waals surface area contributed by atoms with Gasteiger partial charge in [-0.2, -0.15) is 5.10 Å². The standard InChI is InChI=1S/C18H23F2N3O/c1-12-16(10-21-9-14-4-3-7-24-11-14)13(2)23(22-12)18-6-5-15(19)8-17(18)20/h5-6,8,14,21H,3-4,7,9-11H2,1-2H3. The van der Waals surface area contributed by atoms with Gasteiger partial charge in [0.1, 0.15) is 11.5 Å². The third-order valence-electron chi connectivity index (χ3n) is 4.57. The lowest BCUT2D eigenvalue weighted by molar-refractivity contribution is 0.0547. The van der Waals surface area contributed by atoms with Crippen LogP contribution in [0.1, 0.15) is 29.8 Å². The SMILES string of the molecule is Cc1nn(-c2ccc(F)cc2F)c(C)c1CNCC1CCCOC1. The highest BCUT2D eigenvalue weighted by atomic mass is 19.1. The van der Waals surface area contributed by atoms with Gasteiger partial charge < -0.3 is 10.1 Å². The van der Waals surface area contributed by atoms with Gasteiger partial charge in [0.15, 0.2) is 5.82 Å². The van der Waals surface area contributed by atoms with Crippen molar-refractivity contribution in [3.63, 3.8) is 0 Å². The van der Waals surface area contributed by atoms with E-state index in [-0.39, 0.29) is 5.69 Å². The molecule has 6 heteroatoms. The minimum Gasteiger partial charge on any atom is -0.381 e. The quantitative estimate of drug-likeness (QED) is 0.911. The Kier molecular flexibility index (Phi) is 5.26. The zero-order chi connectivity index (χ0) is 17.1. The largest absolute Gasteiger partial charge is 0.381 e. The number of halogens is 2. The van der Waals surface area contributed by atoms with Gasteiger partial charge in [-0.25, -0.2) is 13.5 Å². The Bertz CT molecular complexity index is 709. The van der Waals surface area contributed by atoms with Crippen molar-refractivity contribution in [1.29, 1.82) is 0 Å². The maximum absolute atomic E-state index is 14.0. The summed E-state index contributed by atoms with van der Waals surface area (Å²) < 4.78 is 34.2. The fourth-order valence-electron chi connectivity index (χ4n) is 3.19. The molecule has 1 aromatic carbocycles. The van der Waals surface area contributed by atoms with Crippen LogP contribution in [0.4, 0.5) is 8.78 Å². The van der Waals surface area contributed by atoms with Crippen LogP contribution in [-0.4, -0.2) is 29.5 Å². The molecule has 1 fully saturated rings. The van der Waals surface area contributed by atoms with E-state index < -0.39 is 11.6 Å². The Morgan fingerprint density at radius 2 is 2.17 bits per heavy atom. The molecule has 1 aromatic heterocycles. The summed E-state index contributed by atoms with van der Waals surface area (Å²) in [5.74, 6) is -0.655. The number of hydrogen-bond acceptors (Lipinski definition) is 3. The minimum absolute atomic E-state index is 0.268. The van der Waals surface area contributed by atoms with Gasteiger partial charge in [-0.15, -0.1) is 0 Å². The first kappa shape index (κ1) is 17.0. The Labute approximate surface area is 140 Å². The lowest BCUT2D eigenvalue weighted by atomic mass is 10.0. The molecule has 0 radical (unpaired) electrons. The molecule has 1 aliphatic rings. The Morgan fingerprint density at radius 3 is 2.88 bits per heavy atom. The molecule has 0 bridgehead atoms. The van der Waals surface area contributed by atoms with E-state index >= 15 is 0 Å². The lowest BCUT2D eigenvalue weighted by Crippen LogP contribution is -2.29. The number of nitrogens with one attached hydrogen (secondary N) is 1. The Morgan fingerprint density at radius 1 is 1.33 bits per heavy atom. The summed E-state index contributed by atoms with van der Waals surface area (Å²) in [5.41, 5.74) is 3.04. The van der Waals surface area contributed by atoms with Gasteiger partial charge in [-0.3, -0.25) is 0 Å². The molecular formula is C18H23F2N3O. The summed E-state index contributed by atoms with van der Waals surface area (Å²) >= 11 is 0. The molecule has 1 saturated heterocycles. The van der Waals surface area contributed by atoms with Gasteiger partial charge >= 0.3 is 0 Å². The van der Waals surface area contributed by atoms with Gasteiger partial charge in [0.2, 0.25) is 0 Å². The van der Waals surface area contributed by atoms with Crippen LogP contribution in [0.2, 0.25) is 0 Å². The summed E-state index contributed by atoms with van der Waals surface area (Å²) in [5, 5.41) is 7.88. The summed E-state index contributed by atoms with van der Waals surface area (Å²) in [6.45, 7) is 7.07. The monoisotopic (exact) mass is 335 g/mol. The van der Waals surface area contributed by atoms with E-state index in [1.54, 1.807) is 4.68 Å². The molecule has 0 aliphatic carbocycles. The van der Waals surface area contributed by atoms with Crippen LogP contribution < -0.4 is 5.32 Å². The fraction of sp³-hybridized carbons (Fsp3) is 0.500. The predicted octanol–water partition coefficient (Wildman–Crippen LogP) is 3.28. The first-order valence-corrected chi connectivity index (χ1v) is 8.35. The van der Waals surface area contributed by atoms with Crippen LogP contribution >= 0.6 is 0 Å². The van der Waals surface area contributed by atoms with Gasteiger partial charge in [-0.05, 0) is 44.7 Å². The molecule has 24 heavy (non-hydrogen) atoms. The van der Waals surface area contributed by atoms with Gasteiger partial charge in [-0.1, -0.05) is 0 Å². The molecule has 2 aromatic rings. The van der Waals surface area contributed by atoms with E-state index in [0.717, 1.165) is 49.2 Å². The Hall–Kier alpha value is -1.79. The van der Waals surface area contributed by atoms with Crippen LogP contribution in [0.15, 0.2) is 18.2 Å². The molecular weight excluding hydrogens is 312 g/mol. The van der Waals surface area contributed by atoms with E-state index in [1.165, 1.54) is 18.6 Å². The molecule has 1 atom stereocenters. The lowest BCUT2D eigenvalue weighted by Gasteiger charge is -2.22. The number of hydrogen-bond donors (Lipinski definition) is 1. The third-order valence-corrected chi connectivity index (χ3v) is 4.57. The van der Waals surface area contributed by atoms with Crippen molar-refractivity contribution in [3.05, 3.63) is 46.8 Å². The highest BCUT2D eigenvalue weighted by Crippen LogP contribution is 2.21. The molecule has 130 valence electrons.